The largest absolute Gasteiger partial charge is 0.496 e. The van der Waals surface area contributed by atoms with E-state index in [0.717, 1.165) is 11.3 Å². The molecule has 0 radical (unpaired) electrons. The second-order valence-corrected chi connectivity index (χ2v) is 4.41. The zero-order chi connectivity index (χ0) is 14.5. The third-order valence-corrected chi connectivity index (χ3v) is 2.95. The molecule has 0 fully saturated rings. The van der Waals surface area contributed by atoms with Gasteiger partial charge in [-0.2, -0.15) is 0 Å². The Morgan fingerprint density at radius 3 is 2.70 bits per heavy atom. The van der Waals surface area contributed by atoms with E-state index in [1.807, 2.05) is 31.2 Å². The summed E-state index contributed by atoms with van der Waals surface area (Å²) in [6, 6.07) is 7.67. The molecule has 2 aromatic rings. The minimum Gasteiger partial charge on any atom is -0.496 e. The first kappa shape index (κ1) is 14.2. The minimum atomic E-state index is -0.393. The smallest absolute Gasteiger partial charge is 0.186 e. The highest BCUT2D eigenvalue weighted by molar-refractivity contribution is 5.40. The fraction of sp³-hybridized carbons (Fsp3) is 0.333. The van der Waals surface area contributed by atoms with Crippen LogP contribution in [0.15, 0.2) is 24.3 Å². The number of anilines is 1. The van der Waals surface area contributed by atoms with E-state index in [9.17, 15) is 4.39 Å². The molecule has 0 spiro atoms. The number of nitrogens with one attached hydrogen (secondary N) is 1. The van der Waals surface area contributed by atoms with Gasteiger partial charge in [-0.05, 0) is 19.9 Å². The van der Waals surface area contributed by atoms with Gasteiger partial charge in [-0.1, -0.05) is 18.2 Å². The van der Waals surface area contributed by atoms with Crippen LogP contribution >= 0.6 is 0 Å². The van der Waals surface area contributed by atoms with E-state index >= 15 is 0 Å². The van der Waals surface area contributed by atoms with Crippen molar-refractivity contribution in [3.8, 4) is 5.75 Å². The van der Waals surface area contributed by atoms with Crippen molar-refractivity contribution in [2.75, 3.05) is 19.0 Å². The Hall–Kier alpha value is -2.17. The van der Waals surface area contributed by atoms with Gasteiger partial charge in [0.25, 0.3) is 0 Å². The molecule has 1 aromatic heterocycles. The molecular formula is C15H18FN3O. The molecule has 0 aliphatic rings. The van der Waals surface area contributed by atoms with Crippen molar-refractivity contribution in [1.29, 1.82) is 0 Å². The van der Waals surface area contributed by atoms with Crippen molar-refractivity contribution in [3.63, 3.8) is 0 Å². The summed E-state index contributed by atoms with van der Waals surface area (Å²) in [5.41, 5.74) is 1.32. The molecule has 20 heavy (non-hydrogen) atoms. The predicted octanol–water partition coefficient (Wildman–Crippen LogP) is 2.96. The monoisotopic (exact) mass is 275 g/mol. The molecule has 1 aromatic carbocycles. The van der Waals surface area contributed by atoms with Crippen LogP contribution in [0.5, 0.6) is 5.75 Å². The Labute approximate surface area is 118 Å². The molecule has 0 unspecified atom stereocenters. The van der Waals surface area contributed by atoms with Crippen molar-refractivity contribution in [3.05, 3.63) is 47.2 Å². The van der Waals surface area contributed by atoms with Crippen LogP contribution in [0, 0.1) is 12.7 Å². The standard InChI is InChI=1S/C15H18FN3O/c1-4-17-15-14(16)10(2)18-13(19-15)9-11-7-5-6-8-12(11)20-3/h5-8H,4,9H2,1-3H3,(H,17,18,19). The van der Waals surface area contributed by atoms with Crippen LogP contribution in [-0.4, -0.2) is 23.6 Å². The van der Waals surface area contributed by atoms with Gasteiger partial charge in [-0.25, -0.2) is 14.4 Å². The minimum absolute atomic E-state index is 0.255. The van der Waals surface area contributed by atoms with Gasteiger partial charge in [-0.3, -0.25) is 0 Å². The molecule has 1 heterocycles. The number of nitrogens with zero attached hydrogens (tertiary/aromatic N) is 2. The third kappa shape index (κ3) is 3.04. The number of ether oxygens (including phenoxy) is 1. The number of hydrogen-bond acceptors (Lipinski definition) is 4. The first-order valence-electron chi connectivity index (χ1n) is 6.54. The van der Waals surface area contributed by atoms with Crippen LogP contribution in [0.25, 0.3) is 0 Å². The summed E-state index contributed by atoms with van der Waals surface area (Å²) < 4.78 is 19.1. The molecule has 0 aliphatic carbocycles. The van der Waals surface area contributed by atoms with Crippen molar-refractivity contribution in [1.82, 2.24) is 9.97 Å². The van der Waals surface area contributed by atoms with Crippen LogP contribution in [-0.2, 0) is 6.42 Å². The van der Waals surface area contributed by atoms with Crippen molar-refractivity contribution in [2.45, 2.75) is 20.3 Å². The molecule has 1 N–H and O–H groups in total. The Bertz CT molecular complexity index is 602. The summed E-state index contributed by atoms with van der Waals surface area (Å²) in [5, 5.41) is 2.91. The van der Waals surface area contributed by atoms with Crippen molar-refractivity contribution < 1.29 is 9.13 Å². The summed E-state index contributed by atoms with van der Waals surface area (Å²) in [7, 11) is 1.62. The summed E-state index contributed by atoms with van der Waals surface area (Å²) >= 11 is 0. The Kier molecular flexibility index (Phi) is 4.50. The van der Waals surface area contributed by atoms with E-state index in [0.29, 0.717) is 24.5 Å². The molecule has 0 aliphatic heterocycles. The number of benzene rings is 1. The van der Waals surface area contributed by atoms with Crippen LogP contribution in [0.2, 0.25) is 0 Å². The molecule has 0 saturated heterocycles. The molecule has 0 saturated carbocycles. The van der Waals surface area contributed by atoms with E-state index in [4.69, 9.17) is 4.74 Å². The second kappa shape index (κ2) is 6.32. The van der Waals surface area contributed by atoms with Crippen molar-refractivity contribution in [2.24, 2.45) is 0 Å². The maximum Gasteiger partial charge on any atom is 0.186 e. The van der Waals surface area contributed by atoms with Gasteiger partial charge >= 0.3 is 0 Å². The van der Waals surface area contributed by atoms with Gasteiger partial charge in [-0.15, -0.1) is 0 Å². The van der Waals surface area contributed by atoms with E-state index in [1.165, 1.54) is 0 Å². The third-order valence-electron chi connectivity index (χ3n) is 2.95. The molecule has 0 atom stereocenters. The Morgan fingerprint density at radius 1 is 1.25 bits per heavy atom. The number of aryl methyl sites for hydroxylation is 1. The number of para-hydroxylation sites is 1. The zero-order valence-corrected chi connectivity index (χ0v) is 11.9. The van der Waals surface area contributed by atoms with Crippen LogP contribution < -0.4 is 10.1 Å². The highest BCUT2D eigenvalue weighted by atomic mass is 19.1. The number of rotatable bonds is 5. The fourth-order valence-electron chi connectivity index (χ4n) is 2.00. The summed E-state index contributed by atoms with van der Waals surface area (Å²) in [6.45, 7) is 4.15. The van der Waals surface area contributed by atoms with Gasteiger partial charge in [0.15, 0.2) is 11.6 Å². The van der Waals surface area contributed by atoms with Gasteiger partial charge in [0.2, 0.25) is 0 Å². The lowest BCUT2D eigenvalue weighted by Crippen LogP contribution is -2.09. The van der Waals surface area contributed by atoms with Gasteiger partial charge in [0, 0.05) is 18.5 Å². The maximum atomic E-state index is 13.8. The van der Waals surface area contributed by atoms with E-state index < -0.39 is 5.82 Å². The van der Waals surface area contributed by atoms with E-state index in [1.54, 1.807) is 14.0 Å². The summed E-state index contributed by atoms with van der Waals surface area (Å²) in [5.74, 6) is 1.22. The van der Waals surface area contributed by atoms with Gasteiger partial charge < -0.3 is 10.1 Å². The normalized spacial score (nSPS) is 10.4. The highest BCUT2D eigenvalue weighted by Crippen LogP contribution is 2.21. The quantitative estimate of drug-likeness (QED) is 0.911. The molecule has 106 valence electrons. The maximum absolute atomic E-state index is 13.8. The zero-order valence-electron chi connectivity index (χ0n) is 11.9. The Morgan fingerprint density at radius 2 is 2.00 bits per heavy atom. The molecule has 5 heteroatoms. The molecule has 0 bridgehead atoms. The SMILES string of the molecule is CCNc1nc(Cc2ccccc2OC)nc(C)c1F. The molecule has 4 nitrogen and oxygen atoms in total. The summed E-state index contributed by atoms with van der Waals surface area (Å²) in [6.07, 6.45) is 0.503. The van der Waals surface area contributed by atoms with E-state index in [2.05, 4.69) is 15.3 Å². The van der Waals surface area contributed by atoms with Crippen LogP contribution in [0.1, 0.15) is 24.0 Å². The van der Waals surface area contributed by atoms with Gasteiger partial charge in [0.05, 0.1) is 12.8 Å². The highest BCUT2D eigenvalue weighted by Gasteiger charge is 2.12. The van der Waals surface area contributed by atoms with Crippen LogP contribution in [0.3, 0.4) is 0 Å². The number of methoxy groups -OCH3 is 1. The summed E-state index contributed by atoms with van der Waals surface area (Å²) in [4.78, 5) is 8.45. The lowest BCUT2D eigenvalue weighted by Gasteiger charge is -2.10. The number of aromatic nitrogens is 2. The molecular weight excluding hydrogens is 257 g/mol. The lowest BCUT2D eigenvalue weighted by molar-refractivity contribution is 0.410. The van der Waals surface area contributed by atoms with Crippen LogP contribution in [0.4, 0.5) is 10.2 Å². The average Bonchev–Trinajstić information content (AvgIpc) is 2.45. The first-order chi connectivity index (χ1) is 9.65. The number of hydrogen-bond donors (Lipinski definition) is 1. The molecule has 0 amide bonds. The molecule has 2 rings (SSSR count). The average molecular weight is 275 g/mol. The second-order valence-electron chi connectivity index (χ2n) is 4.41. The predicted molar refractivity (Wildman–Crippen MR) is 76.7 cm³/mol. The fourth-order valence-corrected chi connectivity index (χ4v) is 2.00. The first-order valence-corrected chi connectivity index (χ1v) is 6.54. The Balaban J connectivity index is 2.34. The lowest BCUT2D eigenvalue weighted by atomic mass is 10.1. The topological polar surface area (TPSA) is 47.0 Å². The van der Waals surface area contributed by atoms with Crippen molar-refractivity contribution >= 4 is 5.82 Å². The number of halogens is 1. The van der Waals surface area contributed by atoms with E-state index in [-0.39, 0.29) is 5.82 Å². The van der Waals surface area contributed by atoms with Gasteiger partial charge in [0.1, 0.15) is 11.6 Å².